The minimum atomic E-state index is -0.504. The van der Waals surface area contributed by atoms with E-state index in [4.69, 9.17) is 9.47 Å². The highest BCUT2D eigenvalue weighted by molar-refractivity contribution is 5.91. The number of aromatic nitrogens is 2. The van der Waals surface area contributed by atoms with E-state index in [1.165, 1.54) is 13.2 Å². The molecule has 0 amide bonds. The van der Waals surface area contributed by atoms with Crippen molar-refractivity contribution in [3.8, 4) is 17.6 Å². The number of allylic oxidation sites excluding steroid dienone is 1. The Kier molecular flexibility index (Phi) is 6.88. The first-order valence-electron chi connectivity index (χ1n) is 10.0. The van der Waals surface area contributed by atoms with Crippen LogP contribution in [0, 0.1) is 21.4 Å². The minimum Gasteiger partial charge on any atom is -0.493 e. The van der Waals surface area contributed by atoms with E-state index < -0.39 is 4.92 Å². The first-order valence-corrected chi connectivity index (χ1v) is 10.0. The lowest BCUT2D eigenvalue weighted by molar-refractivity contribution is -0.386. The van der Waals surface area contributed by atoms with Crippen molar-refractivity contribution in [1.82, 2.24) is 9.55 Å². The molecule has 160 valence electrons. The Morgan fingerprint density at radius 2 is 2.10 bits per heavy atom. The second kappa shape index (κ2) is 9.76. The number of fused-ring (bicyclic) bond motifs is 1. The van der Waals surface area contributed by atoms with Crippen molar-refractivity contribution in [3.05, 3.63) is 57.9 Å². The molecule has 3 rings (SSSR count). The van der Waals surface area contributed by atoms with E-state index in [0.29, 0.717) is 18.0 Å². The molecule has 0 aliphatic heterocycles. The van der Waals surface area contributed by atoms with E-state index in [0.717, 1.165) is 30.3 Å². The van der Waals surface area contributed by atoms with E-state index >= 15 is 0 Å². The Bertz CT molecular complexity index is 1170. The van der Waals surface area contributed by atoms with Gasteiger partial charge in [-0.3, -0.25) is 10.1 Å². The molecule has 0 aliphatic carbocycles. The Hall–Kier alpha value is -3.86. The third-order valence-corrected chi connectivity index (χ3v) is 4.93. The number of benzene rings is 2. The summed E-state index contributed by atoms with van der Waals surface area (Å²) < 4.78 is 12.9. The number of nitriles is 1. The van der Waals surface area contributed by atoms with Gasteiger partial charge in [0.2, 0.25) is 5.75 Å². The van der Waals surface area contributed by atoms with Crippen LogP contribution in [-0.2, 0) is 7.05 Å². The van der Waals surface area contributed by atoms with Gasteiger partial charge < -0.3 is 14.0 Å². The summed E-state index contributed by atoms with van der Waals surface area (Å²) in [6.07, 6.45) is 4.35. The van der Waals surface area contributed by atoms with E-state index in [2.05, 4.69) is 18.0 Å². The number of nitro benzene ring substituents is 1. The molecule has 8 heteroatoms. The van der Waals surface area contributed by atoms with E-state index in [9.17, 15) is 15.4 Å². The van der Waals surface area contributed by atoms with Crippen molar-refractivity contribution >= 4 is 28.4 Å². The molecule has 0 saturated heterocycles. The van der Waals surface area contributed by atoms with E-state index in [1.54, 1.807) is 12.1 Å². The van der Waals surface area contributed by atoms with Gasteiger partial charge in [-0.1, -0.05) is 31.9 Å². The molecule has 1 aromatic heterocycles. The molecule has 31 heavy (non-hydrogen) atoms. The van der Waals surface area contributed by atoms with Gasteiger partial charge in [0.15, 0.2) is 11.6 Å². The Labute approximate surface area is 180 Å². The van der Waals surface area contributed by atoms with Crippen LogP contribution < -0.4 is 9.47 Å². The largest absolute Gasteiger partial charge is 0.493 e. The van der Waals surface area contributed by atoms with Crippen LogP contribution in [0.1, 0.15) is 37.6 Å². The number of nitro groups is 1. The molecule has 3 aromatic rings. The second-order valence-electron chi connectivity index (χ2n) is 7.04. The second-order valence-corrected chi connectivity index (χ2v) is 7.04. The molecule has 0 saturated carbocycles. The van der Waals surface area contributed by atoms with E-state index in [-0.39, 0.29) is 22.8 Å². The molecule has 0 radical (unpaired) electrons. The minimum absolute atomic E-state index is 0.0991. The summed E-state index contributed by atoms with van der Waals surface area (Å²) in [5, 5.41) is 21.5. The quantitative estimate of drug-likeness (QED) is 0.206. The fraction of sp³-hybridized carbons (Fsp3) is 0.304. The van der Waals surface area contributed by atoms with Gasteiger partial charge in [-0.05, 0) is 36.3 Å². The summed E-state index contributed by atoms with van der Waals surface area (Å²) in [5.41, 5.74) is 2.18. The predicted octanol–water partition coefficient (Wildman–Crippen LogP) is 5.12. The number of ether oxygens (including phenoxy) is 2. The molecular formula is C23H24N4O4. The van der Waals surface area contributed by atoms with Crippen molar-refractivity contribution in [2.75, 3.05) is 13.7 Å². The zero-order valence-corrected chi connectivity index (χ0v) is 17.8. The number of hydrogen-bond donors (Lipinski definition) is 0. The Morgan fingerprint density at radius 3 is 2.74 bits per heavy atom. The van der Waals surface area contributed by atoms with Crippen molar-refractivity contribution < 1.29 is 14.4 Å². The molecule has 0 atom stereocenters. The molecule has 0 aliphatic rings. The molecule has 0 bridgehead atoms. The maximum absolute atomic E-state index is 11.7. The van der Waals surface area contributed by atoms with Crippen molar-refractivity contribution in [1.29, 1.82) is 5.26 Å². The van der Waals surface area contributed by atoms with Crippen LogP contribution in [0.15, 0.2) is 36.4 Å². The molecule has 2 aromatic carbocycles. The van der Waals surface area contributed by atoms with Gasteiger partial charge in [-0.2, -0.15) is 5.26 Å². The fourth-order valence-corrected chi connectivity index (χ4v) is 3.35. The number of aryl methyl sites for hydroxylation is 1. The number of nitrogens with zero attached hydrogens (tertiary/aromatic N) is 4. The number of para-hydroxylation sites is 2. The van der Waals surface area contributed by atoms with Crippen LogP contribution in [-0.4, -0.2) is 28.2 Å². The molecule has 0 spiro atoms. The van der Waals surface area contributed by atoms with Crippen LogP contribution in [0.25, 0.3) is 22.7 Å². The SMILES string of the molecule is CCCCCOc1c(OC)cc(/C=C(/C#N)c2nc3ccccc3n2C)cc1[N+](=O)[O-]. The van der Waals surface area contributed by atoms with Gasteiger partial charge in [0.05, 0.1) is 35.2 Å². The van der Waals surface area contributed by atoms with E-state index in [1.807, 2.05) is 35.9 Å². The first-order chi connectivity index (χ1) is 15.0. The zero-order chi connectivity index (χ0) is 22.4. The van der Waals surface area contributed by atoms with Gasteiger partial charge in [-0.15, -0.1) is 0 Å². The Balaban J connectivity index is 2.05. The lowest BCUT2D eigenvalue weighted by Gasteiger charge is -2.12. The standard InChI is InChI=1S/C23H24N4O4/c1-4-5-8-11-31-22-20(27(28)29)13-16(14-21(22)30-3)12-17(15-24)23-25-18-9-6-7-10-19(18)26(23)2/h6-7,9-10,12-14H,4-5,8,11H2,1-3H3/b17-12-. The monoisotopic (exact) mass is 420 g/mol. The highest BCUT2D eigenvalue weighted by Gasteiger charge is 2.22. The smallest absolute Gasteiger partial charge is 0.315 e. The summed E-state index contributed by atoms with van der Waals surface area (Å²) in [6.45, 7) is 2.44. The third kappa shape index (κ3) is 4.67. The topological polar surface area (TPSA) is 103 Å². The zero-order valence-electron chi connectivity index (χ0n) is 17.8. The summed E-state index contributed by atoms with van der Waals surface area (Å²) in [5.74, 6) is 0.825. The molecular weight excluding hydrogens is 396 g/mol. The normalized spacial score (nSPS) is 11.4. The molecule has 1 heterocycles. The highest BCUT2D eigenvalue weighted by Crippen LogP contribution is 2.39. The van der Waals surface area contributed by atoms with Gasteiger partial charge in [0.1, 0.15) is 6.07 Å². The van der Waals surface area contributed by atoms with Crippen LogP contribution >= 0.6 is 0 Å². The number of rotatable bonds is 9. The summed E-state index contributed by atoms with van der Waals surface area (Å²) >= 11 is 0. The molecule has 0 fully saturated rings. The number of hydrogen-bond acceptors (Lipinski definition) is 6. The van der Waals surface area contributed by atoms with Crippen LogP contribution in [0.5, 0.6) is 11.5 Å². The van der Waals surface area contributed by atoms with Crippen molar-refractivity contribution in [2.24, 2.45) is 7.05 Å². The van der Waals surface area contributed by atoms with Gasteiger partial charge in [0, 0.05) is 13.1 Å². The van der Waals surface area contributed by atoms with Crippen LogP contribution in [0.3, 0.4) is 0 Å². The molecule has 0 unspecified atom stereocenters. The van der Waals surface area contributed by atoms with Gasteiger partial charge in [0.25, 0.3) is 0 Å². The molecule has 8 nitrogen and oxygen atoms in total. The average Bonchev–Trinajstić information content (AvgIpc) is 3.11. The van der Waals surface area contributed by atoms with Gasteiger partial charge in [-0.25, -0.2) is 4.98 Å². The lowest BCUT2D eigenvalue weighted by atomic mass is 10.1. The number of methoxy groups -OCH3 is 1. The first kappa shape index (κ1) is 21.8. The molecule has 0 N–H and O–H groups in total. The maximum Gasteiger partial charge on any atom is 0.315 e. The van der Waals surface area contributed by atoms with Crippen LogP contribution in [0.2, 0.25) is 0 Å². The maximum atomic E-state index is 11.7. The van der Waals surface area contributed by atoms with Crippen molar-refractivity contribution in [2.45, 2.75) is 26.2 Å². The number of imidazole rings is 1. The summed E-state index contributed by atoms with van der Waals surface area (Å²) in [4.78, 5) is 15.7. The predicted molar refractivity (Wildman–Crippen MR) is 119 cm³/mol. The van der Waals surface area contributed by atoms with Crippen LogP contribution in [0.4, 0.5) is 5.69 Å². The fourth-order valence-electron chi connectivity index (χ4n) is 3.35. The summed E-state index contributed by atoms with van der Waals surface area (Å²) in [7, 11) is 3.26. The average molecular weight is 420 g/mol. The summed E-state index contributed by atoms with van der Waals surface area (Å²) in [6, 6.07) is 12.7. The number of unbranched alkanes of at least 4 members (excludes halogenated alkanes) is 2. The lowest BCUT2D eigenvalue weighted by Crippen LogP contribution is -2.03. The van der Waals surface area contributed by atoms with Gasteiger partial charge >= 0.3 is 5.69 Å². The third-order valence-electron chi connectivity index (χ3n) is 4.93. The highest BCUT2D eigenvalue weighted by atomic mass is 16.6. The Morgan fingerprint density at radius 1 is 1.32 bits per heavy atom. The van der Waals surface area contributed by atoms with Crippen molar-refractivity contribution in [3.63, 3.8) is 0 Å².